The molecule has 0 radical (unpaired) electrons. The maximum Gasteiger partial charge on any atom is 0.0149 e. The lowest BCUT2D eigenvalue weighted by molar-refractivity contribution is 0.495. The molecule has 0 atom stereocenters. The van der Waals surface area contributed by atoms with Crippen LogP contribution < -0.4 is 0 Å². The summed E-state index contributed by atoms with van der Waals surface area (Å²) >= 11 is 7.35. The predicted molar refractivity (Wildman–Crippen MR) is 75.4 cm³/mol. The molecule has 0 saturated carbocycles. The third-order valence-corrected chi connectivity index (χ3v) is 5.10. The minimum atomic E-state index is 0.250. The van der Waals surface area contributed by atoms with Gasteiger partial charge in [0, 0.05) is 16.1 Å². The number of benzene rings is 1. The molecule has 0 aliphatic rings. The van der Waals surface area contributed by atoms with Crippen LogP contribution in [0.25, 0.3) is 0 Å². The zero-order valence-corrected chi connectivity index (χ0v) is 12.6. The highest BCUT2D eigenvalue weighted by Crippen LogP contribution is 2.35. The van der Waals surface area contributed by atoms with Gasteiger partial charge in [-0.05, 0) is 24.5 Å². The van der Waals surface area contributed by atoms with Crippen molar-refractivity contribution in [2.24, 2.45) is 0 Å². The predicted octanol–water partition coefficient (Wildman–Crippen LogP) is 4.82. The Bertz CT molecular complexity index is 303. The van der Waals surface area contributed by atoms with Gasteiger partial charge in [-0.1, -0.05) is 69.5 Å². The van der Waals surface area contributed by atoms with Crippen molar-refractivity contribution in [1.29, 1.82) is 0 Å². The van der Waals surface area contributed by atoms with Crippen LogP contribution in [0.15, 0.2) is 24.3 Å². The standard InChI is InChI=1S/C13H18Br2/c1-3-8-13(9-14,10-15)12-7-5-4-6-11(12)2/h4-7H,3,8-10H2,1-2H3. The van der Waals surface area contributed by atoms with Crippen molar-refractivity contribution in [3.63, 3.8) is 0 Å². The Hall–Kier alpha value is 0.180. The van der Waals surface area contributed by atoms with Crippen molar-refractivity contribution in [3.05, 3.63) is 35.4 Å². The number of aryl methyl sites for hydroxylation is 1. The lowest BCUT2D eigenvalue weighted by atomic mass is 9.78. The van der Waals surface area contributed by atoms with E-state index in [9.17, 15) is 0 Å². The first-order valence-electron chi connectivity index (χ1n) is 5.38. The van der Waals surface area contributed by atoms with E-state index in [1.165, 1.54) is 24.0 Å². The van der Waals surface area contributed by atoms with E-state index in [0.717, 1.165) is 10.7 Å². The van der Waals surface area contributed by atoms with E-state index in [-0.39, 0.29) is 5.41 Å². The van der Waals surface area contributed by atoms with Gasteiger partial charge < -0.3 is 0 Å². The highest BCUT2D eigenvalue weighted by Gasteiger charge is 2.30. The molecule has 0 nitrogen and oxygen atoms in total. The first kappa shape index (κ1) is 13.2. The zero-order valence-electron chi connectivity index (χ0n) is 9.39. The highest BCUT2D eigenvalue weighted by atomic mass is 79.9. The van der Waals surface area contributed by atoms with E-state index in [0.29, 0.717) is 0 Å². The quantitative estimate of drug-likeness (QED) is 0.677. The van der Waals surface area contributed by atoms with Gasteiger partial charge in [0.2, 0.25) is 0 Å². The maximum absolute atomic E-state index is 3.68. The Labute approximate surface area is 110 Å². The summed E-state index contributed by atoms with van der Waals surface area (Å²) in [5.41, 5.74) is 3.12. The van der Waals surface area contributed by atoms with Crippen LogP contribution in [0, 0.1) is 6.92 Å². The SMILES string of the molecule is CCCC(CBr)(CBr)c1ccccc1C. The molecule has 1 rings (SSSR count). The van der Waals surface area contributed by atoms with Crippen LogP contribution in [0.1, 0.15) is 30.9 Å². The van der Waals surface area contributed by atoms with Crippen LogP contribution in [0.4, 0.5) is 0 Å². The minimum absolute atomic E-state index is 0.250. The monoisotopic (exact) mass is 332 g/mol. The molecule has 0 spiro atoms. The fourth-order valence-electron chi connectivity index (χ4n) is 2.09. The second kappa shape index (κ2) is 6.05. The molecule has 0 unspecified atom stereocenters. The molecule has 0 aliphatic heterocycles. The Morgan fingerprint density at radius 2 is 1.73 bits per heavy atom. The van der Waals surface area contributed by atoms with Crippen molar-refractivity contribution >= 4 is 31.9 Å². The van der Waals surface area contributed by atoms with Crippen molar-refractivity contribution in [2.45, 2.75) is 32.1 Å². The largest absolute Gasteiger partial charge is 0.0918 e. The highest BCUT2D eigenvalue weighted by molar-refractivity contribution is 9.09. The van der Waals surface area contributed by atoms with Gasteiger partial charge in [0.05, 0.1) is 0 Å². The smallest absolute Gasteiger partial charge is 0.0149 e. The molecule has 0 N–H and O–H groups in total. The van der Waals surface area contributed by atoms with Gasteiger partial charge in [0.25, 0.3) is 0 Å². The topological polar surface area (TPSA) is 0 Å². The molecule has 0 aromatic heterocycles. The van der Waals surface area contributed by atoms with E-state index in [1.807, 2.05) is 0 Å². The van der Waals surface area contributed by atoms with Crippen molar-refractivity contribution < 1.29 is 0 Å². The number of rotatable bonds is 5. The normalized spacial score (nSPS) is 11.7. The second-order valence-electron chi connectivity index (χ2n) is 4.11. The fourth-order valence-corrected chi connectivity index (χ4v) is 4.19. The number of hydrogen-bond acceptors (Lipinski definition) is 0. The zero-order chi connectivity index (χ0) is 11.3. The fraction of sp³-hybridized carbons (Fsp3) is 0.538. The number of hydrogen-bond donors (Lipinski definition) is 0. The molecular formula is C13H18Br2. The molecule has 1 aromatic rings. The van der Waals surface area contributed by atoms with Crippen LogP contribution in [0.5, 0.6) is 0 Å². The number of alkyl halides is 2. The number of halogens is 2. The van der Waals surface area contributed by atoms with Gasteiger partial charge in [-0.2, -0.15) is 0 Å². The van der Waals surface area contributed by atoms with Gasteiger partial charge in [-0.25, -0.2) is 0 Å². The average molecular weight is 334 g/mol. The van der Waals surface area contributed by atoms with Gasteiger partial charge in [0.1, 0.15) is 0 Å². The molecule has 0 fully saturated rings. The van der Waals surface area contributed by atoms with E-state index in [2.05, 4.69) is 70.0 Å². The van der Waals surface area contributed by atoms with Crippen molar-refractivity contribution in [2.75, 3.05) is 10.7 Å². The minimum Gasteiger partial charge on any atom is -0.0918 e. The maximum atomic E-state index is 3.68. The van der Waals surface area contributed by atoms with Gasteiger partial charge in [-0.15, -0.1) is 0 Å². The van der Waals surface area contributed by atoms with Gasteiger partial charge in [-0.3, -0.25) is 0 Å². The molecule has 0 heterocycles. The molecule has 2 heteroatoms. The average Bonchev–Trinajstić information content (AvgIpc) is 2.27. The molecular weight excluding hydrogens is 316 g/mol. The summed E-state index contributed by atoms with van der Waals surface area (Å²) in [5, 5.41) is 2.04. The summed E-state index contributed by atoms with van der Waals surface area (Å²) in [5.74, 6) is 0. The van der Waals surface area contributed by atoms with E-state index in [1.54, 1.807) is 0 Å². The lowest BCUT2D eigenvalue weighted by Crippen LogP contribution is -2.30. The summed E-state index contributed by atoms with van der Waals surface area (Å²) in [6, 6.07) is 8.70. The van der Waals surface area contributed by atoms with Crippen molar-refractivity contribution in [1.82, 2.24) is 0 Å². The van der Waals surface area contributed by atoms with Crippen LogP contribution in [-0.2, 0) is 5.41 Å². The van der Waals surface area contributed by atoms with Crippen LogP contribution in [0.3, 0.4) is 0 Å². The van der Waals surface area contributed by atoms with Crippen LogP contribution in [-0.4, -0.2) is 10.7 Å². The van der Waals surface area contributed by atoms with Gasteiger partial charge >= 0.3 is 0 Å². The van der Waals surface area contributed by atoms with E-state index >= 15 is 0 Å². The first-order valence-corrected chi connectivity index (χ1v) is 7.62. The molecule has 0 bridgehead atoms. The second-order valence-corrected chi connectivity index (χ2v) is 5.23. The van der Waals surface area contributed by atoms with Crippen molar-refractivity contribution in [3.8, 4) is 0 Å². The van der Waals surface area contributed by atoms with Crippen LogP contribution >= 0.6 is 31.9 Å². The van der Waals surface area contributed by atoms with E-state index < -0.39 is 0 Å². The molecule has 15 heavy (non-hydrogen) atoms. The van der Waals surface area contributed by atoms with Gasteiger partial charge in [0.15, 0.2) is 0 Å². The molecule has 0 amide bonds. The Kier molecular flexibility index (Phi) is 5.34. The molecule has 0 saturated heterocycles. The summed E-state index contributed by atoms with van der Waals surface area (Å²) in [6.07, 6.45) is 2.43. The Balaban J connectivity index is 3.13. The molecule has 84 valence electrons. The van der Waals surface area contributed by atoms with Crippen LogP contribution in [0.2, 0.25) is 0 Å². The summed E-state index contributed by atoms with van der Waals surface area (Å²) in [6.45, 7) is 4.45. The third kappa shape index (κ3) is 2.85. The summed E-state index contributed by atoms with van der Waals surface area (Å²) in [7, 11) is 0. The third-order valence-electron chi connectivity index (χ3n) is 2.96. The molecule has 1 aromatic carbocycles. The Morgan fingerprint density at radius 1 is 1.13 bits per heavy atom. The summed E-state index contributed by atoms with van der Waals surface area (Å²) in [4.78, 5) is 0. The molecule has 0 aliphatic carbocycles. The summed E-state index contributed by atoms with van der Waals surface area (Å²) < 4.78 is 0. The Morgan fingerprint density at radius 3 is 2.20 bits per heavy atom. The lowest BCUT2D eigenvalue weighted by Gasteiger charge is -2.31. The van der Waals surface area contributed by atoms with E-state index in [4.69, 9.17) is 0 Å². The first-order chi connectivity index (χ1) is 7.20.